The Balaban J connectivity index is 3.13. The number of oxime groups is 1. The van der Waals surface area contributed by atoms with E-state index in [1.165, 1.54) is 0 Å². The largest absolute Gasteiger partial charge is 0.409 e. The van der Waals surface area contributed by atoms with Crippen molar-refractivity contribution in [1.82, 2.24) is 0 Å². The van der Waals surface area contributed by atoms with Crippen LogP contribution in [0.2, 0.25) is 5.02 Å². The summed E-state index contributed by atoms with van der Waals surface area (Å²) in [6.45, 7) is 1.89. The van der Waals surface area contributed by atoms with E-state index in [0.717, 1.165) is 5.56 Å². The monoisotopic (exact) mass is 184 g/mol. The van der Waals surface area contributed by atoms with Gasteiger partial charge in [0.25, 0.3) is 0 Å². The van der Waals surface area contributed by atoms with Crippen molar-refractivity contribution in [1.29, 1.82) is 0 Å². The highest BCUT2D eigenvalue weighted by Crippen LogP contribution is 2.16. The Kier molecular flexibility index (Phi) is 2.55. The molecule has 0 radical (unpaired) electrons. The van der Waals surface area contributed by atoms with Crippen LogP contribution < -0.4 is 5.73 Å². The van der Waals surface area contributed by atoms with Crippen LogP contribution in [0, 0.1) is 6.92 Å². The summed E-state index contributed by atoms with van der Waals surface area (Å²) in [4.78, 5) is 0. The summed E-state index contributed by atoms with van der Waals surface area (Å²) in [5.74, 6) is 0.0666. The summed E-state index contributed by atoms with van der Waals surface area (Å²) in [6, 6.07) is 5.22. The van der Waals surface area contributed by atoms with Gasteiger partial charge in [0.05, 0.1) is 0 Å². The van der Waals surface area contributed by atoms with Gasteiger partial charge in [0.1, 0.15) is 0 Å². The Morgan fingerprint density at radius 2 is 2.25 bits per heavy atom. The molecule has 0 unspecified atom stereocenters. The van der Waals surface area contributed by atoms with Gasteiger partial charge in [0, 0.05) is 10.6 Å². The van der Waals surface area contributed by atoms with E-state index in [4.69, 9.17) is 22.5 Å². The van der Waals surface area contributed by atoms with Crippen LogP contribution in [0.1, 0.15) is 11.1 Å². The van der Waals surface area contributed by atoms with Crippen molar-refractivity contribution in [3.8, 4) is 0 Å². The molecule has 0 amide bonds. The van der Waals surface area contributed by atoms with E-state index in [2.05, 4.69) is 5.16 Å². The molecule has 0 spiro atoms. The minimum atomic E-state index is 0.0666. The number of aryl methyl sites for hydroxylation is 1. The average molecular weight is 185 g/mol. The topological polar surface area (TPSA) is 58.6 Å². The third-order valence-electron chi connectivity index (χ3n) is 1.58. The number of hydrogen-bond donors (Lipinski definition) is 2. The second-order valence-electron chi connectivity index (χ2n) is 2.45. The van der Waals surface area contributed by atoms with Crippen LogP contribution in [0.25, 0.3) is 0 Å². The van der Waals surface area contributed by atoms with Gasteiger partial charge in [-0.3, -0.25) is 0 Å². The van der Waals surface area contributed by atoms with Crippen LogP contribution in [-0.4, -0.2) is 11.0 Å². The molecule has 1 rings (SSSR count). The summed E-state index contributed by atoms with van der Waals surface area (Å²) < 4.78 is 0. The first-order valence-corrected chi connectivity index (χ1v) is 3.77. The standard InChI is InChI=1S/C8H9ClN2O/c1-5-2-3-6(4-7(5)9)8(10)11-12/h2-4,12H,1H3,(H2,10,11). The quantitative estimate of drug-likeness (QED) is 0.302. The van der Waals surface area contributed by atoms with Gasteiger partial charge < -0.3 is 10.9 Å². The van der Waals surface area contributed by atoms with Gasteiger partial charge in [-0.2, -0.15) is 0 Å². The summed E-state index contributed by atoms with van der Waals surface area (Å²) in [7, 11) is 0. The first kappa shape index (κ1) is 8.87. The van der Waals surface area contributed by atoms with Crippen molar-refractivity contribution in [2.24, 2.45) is 10.9 Å². The molecule has 0 bridgehead atoms. The van der Waals surface area contributed by atoms with Crippen molar-refractivity contribution in [3.05, 3.63) is 34.3 Å². The summed E-state index contributed by atoms with van der Waals surface area (Å²) >= 11 is 5.82. The number of amidine groups is 1. The lowest BCUT2D eigenvalue weighted by atomic mass is 10.1. The number of nitrogens with two attached hydrogens (primary N) is 1. The second-order valence-corrected chi connectivity index (χ2v) is 2.86. The molecule has 0 fully saturated rings. The molecule has 0 saturated carbocycles. The van der Waals surface area contributed by atoms with Gasteiger partial charge in [-0.25, -0.2) is 0 Å². The van der Waals surface area contributed by atoms with Crippen LogP contribution >= 0.6 is 11.6 Å². The summed E-state index contributed by atoms with van der Waals surface area (Å²) in [5.41, 5.74) is 6.94. The summed E-state index contributed by atoms with van der Waals surface area (Å²) in [6.07, 6.45) is 0. The lowest BCUT2D eigenvalue weighted by Gasteiger charge is -2.00. The Labute approximate surface area is 75.4 Å². The smallest absolute Gasteiger partial charge is 0.170 e. The van der Waals surface area contributed by atoms with Crippen molar-refractivity contribution >= 4 is 17.4 Å². The molecule has 0 heterocycles. The number of rotatable bonds is 1. The van der Waals surface area contributed by atoms with Crippen LogP contribution in [0.5, 0.6) is 0 Å². The minimum absolute atomic E-state index is 0.0666. The Hall–Kier alpha value is -1.22. The van der Waals surface area contributed by atoms with Gasteiger partial charge in [0.15, 0.2) is 5.84 Å². The molecule has 0 aromatic heterocycles. The Morgan fingerprint density at radius 3 is 2.75 bits per heavy atom. The molecule has 0 aliphatic carbocycles. The lowest BCUT2D eigenvalue weighted by molar-refractivity contribution is 0.318. The molecule has 4 heteroatoms. The molecule has 64 valence electrons. The predicted molar refractivity (Wildman–Crippen MR) is 48.7 cm³/mol. The Bertz CT molecular complexity index is 323. The molecule has 0 saturated heterocycles. The molecular weight excluding hydrogens is 176 g/mol. The van der Waals surface area contributed by atoms with E-state index in [1.54, 1.807) is 12.1 Å². The van der Waals surface area contributed by atoms with Crippen molar-refractivity contribution in [2.75, 3.05) is 0 Å². The predicted octanol–water partition coefficient (Wildman–Crippen LogP) is 1.74. The maximum Gasteiger partial charge on any atom is 0.170 e. The maximum atomic E-state index is 8.37. The third-order valence-corrected chi connectivity index (χ3v) is 1.98. The van der Waals surface area contributed by atoms with Crippen molar-refractivity contribution in [2.45, 2.75) is 6.92 Å². The number of hydrogen-bond acceptors (Lipinski definition) is 2. The number of benzene rings is 1. The van der Waals surface area contributed by atoms with E-state index in [-0.39, 0.29) is 5.84 Å². The molecule has 3 nitrogen and oxygen atoms in total. The number of nitrogens with zero attached hydrogens (tertiary/aromatic N) is 1. The van der Waals surface area contributed by atoms with Gasteiger partial charge in [-0.1, -0.05) is 28.9 Å². The second kappa shape index (κ2) is 3.45. The fourth-order valence-electron chi connectivity index (χ4n) is 0.810. The highest BCUT2D eigenvalue weighted by molar-refractivity contribution is 6.31. The SMILES string of the molecule is Cc1ccc(/C(N)=N/O)cc1Cl. The number of halogens is 1. The molecule has 12 heavy (non-hydrogen) atoms. The van der Waals surface area contributed by atoms with E-state index in [9.17, 15) is 0 Å². The average Bonchev–Trinajstić information content (AvgIpc) is 2.08. The summed E-state index contributed by atoms with van der Waals surface area (Å²) in [5, 5.41) is 11.8. The zero-order chi connectivity index (χ0) is 9.14. The van der Waals surface area contributed by atoms with Gasteiger partial charge in [0.2, 0.25) is 0 Å². The van der Waals surface area contributed by atoms with Gasteiger partial charge >= 0.3 is 0 Å². The van der Waals surface area contributed by atoms with E-state index < -0.39 is 0 Å². The Morgan fingerprint density at radius 1 is 1.58 bits per heavy atom. The first-order chi connectivity index (χ1) is 5.65. The lowest BCUT2D eigenvalue weighted by Crippen LogP contribution is -2.12. The van der Waals surface area contributed by atoms with E-state index >= 15 is 0 Å². The van der Waals surface area contributed by atoms with Crippen molar-refractivity contribution < 1.29 is 5.21 Å². The highest BCUT2D eigenvalue weighted by Gasteiger charge is 2.00. The van der Waals surface area contributed by atoms with E-state index in [1.807, 2.05) is 13.0 Å². The zero-order valence-electron chi connectivity index (χ0n) is 6.58. The van der Waals surface area contributed by atoms with Crippen LogP contribution in [0.4, 0.5) is 0 Å². The molecule has 1 aromatic rings. The molecule has 3 N–H and O–H groups in total. The normalized spacial score (nSPS) is 11.7. The first-order valence-electron chi connectivity index (χ1n) is 3.39. The van der Waals surface area contributed by atoms with Crippen LogP contribution in [0.3, 0.4) is 0 Å². The van der Waals surface area contributed by atoms with Crippen molar-refractivity contribution in [3.63, 3.8) is 0 Å². The van der Waals surface area contributed by atoms with Gasteiger partial charge in [-0.05, 0) is 18.6 Å². The molecule has 0 aliphatic heterocycles. The minimum Gasteiger partial charge on any atom is -0.409 e. The van der Waals surface area contributed by atoms with Gasteiger partial charge in [-0.15, -0.1) is 0 Å². The highest BCUT2D eigenvalue weighted by atomic mass is 35.5. The molecule has 0 aliphatic rings. The molecular formula is C8H9ClN2O. The molecule has 0 atom stereocenters. The maximum absolute atomic E-state index is 8.37. The fraction of sp³-hybridized carbons (Fsp3) is 0.125. The molecule has 1 aromatic carbocycles. The third kappa shape index (κ3) is 1.68. The van der Waals surface area contributed by atoms with Crippen LogP contribution in [0.15, 0.2) is 23.4 Å². The van der Waals surface area contributed by atoms with E-state index in [0.29, 0.717) is 10.6 Å². The zero-order valence-corrected chi connectivity index (χ0v) is 7.34. The fourth-order valence-corrected chi connectivity index (χ4v) is 0.990. The van der Waals surface area contributed by atoms with Crippen LogP contribution in [-0.2, 0) is 0 Å².